The maximum atomic E-state index is 13.1. The zero-order valence-electron chi connectivity index (χ0n) is 17.2. The number of rotatable bonds is 4. The maximum Gasteiger partial charge on any atom is 0.255 e. The van der Waals surface area contributed by atoms with Crippen LogP contribution in [0.5, 0.6) is 0 Å². The van der Waals surface area contributed by atoms with Gasteiger partial charge in [0, 0.05) is 36.5 Å². The van der Waals surface area contributed by atoms with Crippen LogP contribution in [0.1, 0.15) is 42.5 Å². The maximum absolute atomic E-state index is 13.1. The van der Waals surface area contributed by atoms with Gasteiger partial charge in [-0.2, -0.15) is 0 Å². The third-order valence-corrected chi connectivity index (χ3v) is 5.53. The molecule has 0 saturated carbocycles. The molecule has 8 heteroatoms. The van der Waals surface area contributed by atoms with Gasteiger partial charge in [0.2, 0.25) is 5.91 Å². The number of amides is 2. The number of hydrogen-bond acceptors (Lipinski definition) is 5. The molecular weight excluding hydrogens is 392 g/mol. The van der Waals surface area contributed by atoms with Crippen molar-refractivity contribution in [3.8, 4) is 11.3 Å². The molecule has 0 aliphatic carbocycles. The number of halogens is 1. The molecule has 154 valence electrons. The molecule has 2 amide bonds. The Balaban J connectivity index is 1.93. The molecule has 0 radical (unpaired) electrons. The van der Waals surface area contributed by atoms with E-state index in [4.69, 9.17) is 11.6 Å². The monoisotopic (exact) mass is 416 g/mol. The zero-order chi connectivity index (χ0) is 21.5. The second kappa shape index (κ2) is 7.72. The number of aliphatic hydroxyl groups is 1. The molecule has 0 spiro atoms. The van der Waals surface area contributed by atoms with E-state index >= 15 is 0 Å². The van der Waals surface area contributed by atoms with Crippen LogP contribution in [0.25, 0.3) is 11.3 Å². The molecule has 2 aromatic rings. The Bertz CT molecular complexity index is 971. The molecule has 0 saturated heterocycles. The van der Waals surface area contributed by atoms with Crippen molar-refractivity contribution in [3.63, 3.8) is 0 Å². The number of benzene rings is 1. The van der Waals surface area contributed by atoms with Crippen molar-refractivity contribution >= 4 is 23.4 Å². The number of fused-ring (bicyclic) bond motifs is 1. The van der Waals surface area contributed by atoms with Crippen LogP contribution in [0, 0.1) is 6.92 Å². The third-order valence-electron chi connectivity index (χ3n) is 5.25. The van der Waals surface area contributed by atoms with Gasteiger partial charge in [0.15, 0.2) is 0 Å². The molecule has 29 heavy (non-hydrogen) atoms. The van der Waals surface area contributed by atoms with Crippen LogP contribution in [0.15, 0.2) is 24.4 Å². The molecule has 1 unspecified atom stereocenters. The minimum absolute atomic E-state index is 0.264. The van der Waals surface area contributed by atoms with E-state index in [1.165, 1.54) is 11.1 Å². The molecule has 0 bridgehead atoms. The minimum atomic E-state index is -0.938. The number of carbonyl (C=O) groups is 2. The highest BCUT2D eigenvalue weighted by Gasteiger charge is 2.39. The van der Waals surface area contributed by atoms with Crippen molar-refractivity contribution < 1.29 is 14.7 Å². The van der Waals surface area contributed by atoms with Crippen molar-refractivity contribution in [1.29, 1.82) is 0 Å². The van der Waals surface area contributed by atoms with Crippen LogP contribution in [-0.4, -0.2) is 61.9 Å². The van der Waals surface area contributed by atoms with E-state index in [2.05, 4.69) is 9.97 Å². The lowest BCUT2D eigenvalue weighted by Gasteiger charge is -2.36. The number of nitrogens with zero attached hydrogens (tertiary/aromatic N) is 4. The molecule has 1 aromatic carbocycles. The normalized spacial score (nSPS) is 14.7. The van der Waals surface area contributed by atoms with Crippen molar-refractivity contribution in [3.05, 3.63) is 46.4 Å². The average molecular weight is 417 g/mol. The van der Waals surface area contributed by atoms with Gasteiger partial charge in [-0.1, -0.05) is 23.7 Å². The first kappa shape index (κ1) is 21.2. The molecule has 1 aliphatic heterocycles. The molecule has 3 rings (SSSR count). The summed E-state index contributed by atoms with van der Waals surface area (Å²) in [7, 11) is 1.68. The van der Waals surface area contributed by atoms with E-state index < -0.39 is 18.2 Å². The fourth-order valence-corrected chi connectivity index (χ4v) is 3.44. The highest BCUT2D eigenvalue weighted by Crippen LogP contribution is 2.32. The first-order valence-corrected chi connectivity index (χ1v) is 9.74. The minimum Gasteiger partial charge on any atom is -0.394 e. The predicted molar refractivity (Wildman–Crippen MR) is 110 cm³/mol. The highest BCUT2D eigenvalue weighted by molar-refractivity contribution is 6.32. The molecule has 1 N–H and O–H groups in total. The van der Waals surface area contributed by atoms with Crippen LogP contribution in [-0.2, 0) is 11.3 Å². The third kappa shape index (κ3) is 3.97. The van der Waals surface area contributed by atoms with Crippen LogP contribution < -0.4 is 0 Å². The molecule has 2 heterocycles. The molecule has 0 fully saturated rings. The van der Waals surface area contributed by atoms with E-state index in [9.17, 15) is 14.7 Å². The molecular formula is C21H25ClN4O3. The number of aromatic nitrogens is 2. The lowest BCUT2D eigenvalue weighted by Crippen LogP contribution is -2.54. The van der Waals surface area contributed by atoms with Crippen LogP contribution in [0.2, 0.25) is 5.02 Å². The molecule has 1 aromatic heterocycles. The Hall–Kier alpha value is -2.51. The van der Waals surface area contributed by atoms with Gasteiger partial charge in [0.1, 0.15) is 11.9 Å². The lowest BCUT2D eigenvalue weighted by molar-refractivity contribution is -0.140. The summed E-state index contributed by atoms with van der Waals surface area (Å²) in [6.07, 6.45) is 1.53. The summed E-state index contributed by atoms with van der Waals surface area (Å²) < 4.78 is 0. The number of aliphatic hydroxyl groups excluding tert-OH is 1. The van der Waals surface area contributed by atoms with Gasteiger partial charge in [-0.15, -0.1) is 0 Å². The first-order valence-electron chi connectivity index (χ1n) is 9.36. The van der Waals surface area contributed by atoms with Crippen molar-refractivity contribution in [2.45, 2.75) is 45.8 Å². The van der Waals surface area contributed by atoms with Gasteiger partial charge < -0.3 is 14.9 Å². The van der Waals surface area contributed by atoms with Gasteiger partial charge in [-0.3, -0.25) is 9.59 Å². The van der Waals surface area contributed by atoms with Gasteiger partial charge in [0.05, 0.1) is 17.3 Å². The first-order chi connectivity index (χ1) is 13.5. The topological polar surface area (TPSA) is 86.6 Å². The van der Waals surface area contributed by atoms with Crippen LogP contribution in [0.4, 0.5) is 0 Å². The number of carbonyl (C=O) groups excluding carboxylic acids is 2. The number of likely N-dealkylation sites (N-methyl/N-ethyl adjacent to an activating group) is 1. The Morgan fingerprint density at radius 1 is 1.38 bits per heavy atom. The van der Waals surface area contributed by atoms with E-state index in [1.807, 2.05) is 32.9 Å². The van der Waals surface area contributed by atoms with E-state index in [1.54, 1.807) is 24.9 Å². The van der Waals surface area contributed by atoms with Gasteiger partial charge >= 0.3 is 0 Å². The summed E-state index contributed by atoms with van der Waals surface area (Å²) in [5, 5.41) is 10.3. The summed E-state index contributed by atoms with van der Waals surface area (Å²) in [5.41, 5.74) is 2.11. The van der Waals surface area contributed by atoms with Gasteiger partial charge in [-0.05, 0) is 39.3 Å². The summed E-state index contributed by atoms with van der Waals surface area (Å²) in [5.74, 6) is -0.0108. The van der Waals surface area contributed by atoms with Crippen molar-refractivity contribution in [1.82, 2.24) is 19.8 Å². The van der Waals surface area contributed by atoms with Crippen LogP contribution >= 0.6 is 11.6 Å². The molecule has 7 nitrogen and oxygen atoms in total. The predicted octanol–water partition coefficient (Wildman–Crippen LogP) is 2.68. The van der Waals surface area contributed by atoms with Crippen molar-refractivity contribution in [2.75, 3.05) is 13.7 Å². The summed E-state index contributed by atoms with van der Waals surface area (Å²) >= 11 is 6.24. The number of aryl methyl sites for hydroxylation is 1. The molecule has 1 aliphatic rings. The Morgan fingerprint density at radius 2 is 2.07 bits per heavy atom. The van der Waals surface area contributed by atoms with E-state index in [0.29, 0.717) is 27.7 Å². The summed E-state index contributed by atoms with van der Waals surface area (Å²) in [6.45, 7) is 7.30. The van der Waals surface area contributed by atoms with Gasteiger partial charge in [-0.25, -0.2) is 9.97 Å². The fourth-order valence-electron chi connectivity index (χ4n) is 3.24. The van der Waals surface area contributed by atoms with E-state index in [-0.39, 0.29) is 18.4 Å². The SMILES string of the molecule is Cc1ncc(Cl)c(-c2ccc3c(c2)C(=O)N(C(CO)C(=O)N(C)C(C)(C)C)C3)n1. The average Bonchev–Trinajstić information content (AvgIpc) is 2.99. The second-order valence-corrected chi connectivity index (χ2v) is 8.59. The summed E-state index contributed by atoms with van der Waals surface area (Å²) in [4.78, 5) is 37.4. The zero-order valence-corrected chi connectivity index (χ0v) is 18.0. The van der Waals surface area contributed by atoms with E-state index in [0.717, 1.165) is 5.56 Å². The fraction of sp³-hybridized carbons (Fsp3) is 0.429. The highest BCUT2D eigenvalue weighted by atomic mass is 35.5. The Labute approximate surface area is 175 Å². The number of hydrogen-bond donors (Lipinski definition) is 1. The van der Waals surface area contributed by atoms with Crippen LogP contribution in [0.3, 0.4) is 0 Å². The Kier molecular flexibility index (Phi) is 5.65. The smallest absolute Gasteiger partial charge is 0.255 e. The standard InChI is InChI=1S/C21H25ClN4O3/c1-12-23-9-16(22)18(24-12)13-6-7-14-10-26(19(28)15(14)8-13)17(11-27)20(29)25(5)21(2,3)4/h6-9,17,27H,10-11H2,1-5H3. The largest absolute Gasteiger partial charge is 0.394 e. The van der Waals surface area contributed by atoms with Crippen molar-refractivity contribution in [2.24, 2.45) is 0 Å². The van der Waals surface area contributed by atoms with Gasteiger partial charge in [0.25, 0.3) is 5.91 Å². The quantitative estimate of drug-likeness (QED) is 0.828. The Morgan fingerprint density at radius 3 is 2.69 bits per heavy atom. The molecule has 1 atom stereocenters. The summed E-state index contributed by atoms with van der Waals surface area (Å²) in [6, 6.07) is 4.48. The second-order valence-electron chi connectivity index (χ2n) is 8.19. The lowest BCUT2D eigenvalue weighted by atomic mass is 10.0.